The Morgan fingerprint density at radius 2 is 1.41 bits per heavy atom. The summed E-state index contributed by atoms with van der Waals surface area (Å²) in [7, 11) is 3.94. The highest BCUT2D eigenvalue weighted by Crippen LogP contribution is 2.42. The number of ether oxygens (including phenoxy) is 4. The summed E-state index contributed by atoms with van der Waals surface area (Å²) in [6.45, 7) is 3.43. The van der Waals surface area contributed by atoms with E-state index < -0.39 is 23.8 Å². The van der Waals surface area contributed by atoms with Gasteiger partial charge in [0, 0.05) is 11.4 Å². The van der Waals surface area contributed by atoms with Crippen molar-refractivity contribution in [2.24, 2.45) is 0 Å². The number of carbonyl (C=O) groups is 3. The standard InChI is InChI=1S/C25H24ClNO7/c1-13-20(24(29)32-4)22(21(14(2)27-13)25(30)33-5)15-10-11-18(19(12-15)31-3)34-23(28)16-8-6-7-9-17(16)26/h6-12,22,27H,1-5H3. The number of allylic oxidation sites excluding steroid dienone is 2. The summed E-state index contributed by atoms with van der Waals surface area (Å²) in [5.74, 6) is -2.29. The molecule has 1 N–H and O–H groups in total. The van der Waals surface area contributed by atoms with Gasteiger partial charge in [-0.2, -0.15) is 0 Å². The van der Waals surface area contributed by atoms with Crippen LogP contribution in [0.4, 0.5) is 0 Å². The third-order valence-electron chi connectivity index (χ3n) is 5.39. The van der Waals surface area contributed by atoms with Gasteiger partial charge in [-0.25, -0.2) is 14.4 Å². The van der Waals surface area contributed by atoms with Crippen LogP contribution in [-0.4, -0.2) is 39.2 Å². The molecule has 1 aliphatic rings. The summed E-state index contributed by atoms with van der Waals surface area (Å²) >= 11 is 6.10. The van der Waals surface area contributed by atoms with Crippen molar-refractivity contribution in [3.05, 3.63) is 81.2 Å². The molecule has 0 spiro atoms. The van der Waals surface area contributed by atoms with Gasteiger partial charge in [0.25, 0.3) is 0 Å². The van der Waals surface area contributed by atoms with E-state index in [1.165, 1.54) is 27.4 Å². The molecule has 8 nitrogen and oxygen atoms in total. The van der Waals surface area contributed by atoms with Gasteiger partial charge in [0.15, 0.2) is 11.5 Å². The number of rotatable bonds is 6. The molecule has 2 aromatic carbocycles. The molecule has 34 heavy (non-hydrogen) atoms. The molecule has 1 heterocycles. The SMILES string of the molecule is COC(=O)C1=C(C)NC(C)=C(C(=O)OC)C1c1ccc(OC(=O)c2ccccc2Cl)c(OC)c1. The Bertz CT molecular complexity index is 1180. The van der Waals surface area contributed by atoms with Gasteiger partial charge in [0.1, 0.15) is 0 Å². The number of hydrogen-bond acceptors (Lipinski definition) is 8. The van der Waals surface area contributed by atoms with Gasteiger partial charge >= 0.3 is 17.9 Å². The molecule has 3 rings (SSSR count). The minimum absolute atomic E-state index is 0.144. The van der Waals surface area contributed by atoms with E-state index in [9.17, 15) is 14.4 Å². The smallest absolute Gasteiger partial charge is 0.345 e. The van der Waals surface area contributed by atoms with Gasteiger partial charge in [-0.05, 0) is 43.7 Å². The predicted molar refractivity (Wildman–Crippen MR) is 125 cm³/mol. The fourth-order valence-corrected chi connectivity index (χ4v) is 4.03. The van der Waals surface area contributed by atoms with Crippen molar-refractivity contribution in [3.8, 4) is 11.5 Å². The lowest BCUT2D eigenvalue weighted by Gasteiger charge is -2.30. The summed E-state index contributed by atoms with van der Waals surface area (Å²) in [4.78, 5) is 38.0. The van der Waals surface area contributed by atoms with E-state index in [-0.39, 0.29) is 33.2 Å². The first-order valence-electron chi connectivity index (χ1n) is 10.2. The van der Waals surface area contributed by atoms with Gasteiger partial charge in [0.05, 0.1) is 49.0 Å². The Balaban J connectivity index is 2.08. The molecule has 0 aromatic heterocycles. The van der Waals surface area contributed by atoms with Crippen LogP contribution in [0.5, 0.6) is 11.5 Å². The zero-order chi connectivity index (χ0) is 25.0. The van der Waals surface area contributed by atoms with Crippen LogP contribution >= 0.6 is 11.6 Å². The number of esters is 3. The topological polar surface area (TPSA) is 100 Å². The Morgan fingerprint density at radius 3 is 1.94 bits per heavy atom. The van der Waals surface area contributed by atoms with Gasteiger partial charge in [0.2, 0.25) is 0 Å². The van der Waals surface area contributed by atoms with Crippen LogP contribution in [-0.2, 0) is 19.1 Å². The molecular formula is C25H24ClNO7. The highest BCUT2D eigenvalue weighted by molar-refractivity contribution is 6.33. The first-order valence-corrected chi connectivity index (χ1v) is 10.6. The lowest BCUT2D eigenvalue weighted by Crippen LogP contribution is -2.32. The first kappa shape index (κ1) is 24.9. The van der Waals surface area contributed by atoms with Crippen LogP contribution in [0, 0.1) is 0 Å². The summed E-state index contributed by atoms with van der Waals surface area (Å²) in [5, 5.41) is 3.30. The van der Waals surface area contributed by atoms with E-state index >= 15 is 0 Å². The monoisotopic (exact) mass is 485 g/mol. The number of halogens is 1. The molecule has 0 aliphatic carbocycles. The van der Waals surface area contributed by atoms with E-state index in [0.717, 1.165) is 0 Å². The van der Waals surface area contributed by atoms with Crippen LogP contribution in [0.2, 0.25) is 5.02 Å². The quantitative estimate of drug-likeness (QED) is 0.481. The summed E-state index contributed by atoms with van der Waals surface area (Å²) in [6, 6.07) is 11.3. The average molecular weight is 486 g/mol. The first-order chi connectivity index (χ1) is 16.2. The molecule has 0 unspecified atom stereocenters. The molecule has 2 aromatic rings. The number of carbonyl (C=O) groups excluding carboxylic acids is 3. The van der Waals surface area contributed by atoms with Crippen molar-refractivity contribution < 1.29 is 33.3 Å². The van der Waals surface area contributed by atoms with E-state index in [2.05, 4.69) is 5.32 Å². The molecule has 0 radical (unpaired) electrons. The maximum absolute atomic E-state index is 12.7. The molecule has 0 bridgehead atoms. The lowest BCUT2D eigenvalue weighted by molar-refractivity contribution is -0.137. The molecule has 1 aliphatic heterocycles. The maximum atomic E-state index is 12.7. The van der Waals surface area contributed by atoms with E-state index in [1.807, 2.05) is 0 Å². The predicted octanol–water partition coefficient (Wildman–Crippen LogP) is 4.15. The third kappa shape index (κ3) is 4.77. The Morgan fingerprint density at radius 1 is 0.824 bits per heavy atom. The number of benzene rings is 2. The molecule has 0 amide bonds. The third-order valence-corrected chi connectivity index (χ3v) is 5.72. The van der Waals surface area contributed by atoms with E-state index in [0.29, 0.717) is 17.0 Å². The van der Waals surface area contributed by atoms with Crippen molar-refractivity contribution in [2.75, 3.05) is 21.3 Å². The number of methoxy groups -OCH3 is 3. The minimum Gasteiger partial charge on any atom is -0.493 e. The van der Waals surface area contributed by atoms with Crippen molar-refractivity contribution >= 4 is 29.5 Å². The molecule has 178 valence electrons. The summed E-state index contributed by atoms with van der Waals surface area (Å²) in [5.41, 5.74) is 2.31. The van der Waals surface area contributed by atoms with Crippen molar-refractivity contribution in [1.82, 2.24) is 5.32 Å². The normalized spacial score (nSPS) is 13.8. The van der Waals surface area contributed by atoms with E-state index in [1.54, 1.807) is 50.2 Å². The molecule has 9 heteroatoms. The minimum atomic E-state index is -0.802. The fourth-order valence-electron chi connectivity index (χ4n) is 3.82. The Hall–Kier alpha value is -3.78. The van der Waals surface area contributed by atoms with Crippen LogP contribution in [0.15, 0.2) is 65.0 Å². The Kier molecular flexibility index (Phi) is 7.63. The van der Waals surface area contributed by atoms with Crippen LogP contribution in [0.25, 0.3) is 0 Å². The number of dihydropyridines is 1. The van der Waals surface area contributed by atoms with Crippen molar-refractivity contribution in [1.29, 1.82) is 0 Å². The van der Waals surface area contributed by atoms with Crippen LogP contribution < -0.4 is 14.8 Å². The second-order valence-electron chi connectivity index (χ2n) is 7.40. The van der Waals surface area contributed by atoms with Gasteiger partial charge < -0.3 is 24.3 Å². The largest absolute Gasteiger partial charge is 0.493 e. The van der Waals surface area contributed by atoms with Gasteiger partial charge in [-0.15, -0.1) is 0 Å². The average Bonchev–Trinajstić information content (AvgIpc) is 2.83. The molecule has 0 atom stereocenters. The van der Waals surface area contributed by atoms with Crippen molar-refractivity contribution in [2.45, 2.75) is 19.8 Å². The van der Waals surface area contributed by atoms with Gasteiger partial charge in [-0.1, -0.05) is 29.8 Å². The fraction of sp³-hybridized carbons (Fsp3) is 0.240. The van der Waals surface area contributed by atoms with E-state index in [4.69, 9.17) is 30.5 Å². The second-order valence-corrected chi connectivity index (χ2v) is 7.81. The molecule has 0 saturated carbocycles. The summed E-state index contributed by atoms with van der Waals surface area (Å²) in [6.07, 6.45) is 0. The lowest BCUT2D eigenvalue weighted by atomic mass is 9.80. The maximum Gasteiger partial charge on any atom is 0.345 e. The number of nitrogens with one attached hydrogen (secondary N) is 1. The Labute approximate surface area is 202 Å². The molecular weight excluding hydrogens is 462 g/mol. The van der Waals surface area contributed by atoms with Crippen LogP contribution in [0.1, 0.15) is 35.7 Å². The second kappa shape index (κ2) is 10.4. The van der Waals surface area contributed by atoms with Crippen molar-refractivity contribution in [3.63, 3.8) is 0 Å². The molecule has 0 saturated heterocycles. The highest BCUT2D eigenvalue weighted by Gasteiger charge is 2.38. The highest BCUT2D eigenvalue weighted by atomic mass is 35.5. The molecule has 0 fully saturated rings. The zero-order valence-corrected chi connectivity index (χ0v) is 20.1. The summed E-state index contributed by atoms with van der Waals surface area (Å²) < 4.78 is 20.9. The van der Waals surface area contributed by atoms with Gasteiger partial charge in [-0.3, -0.25) is 0 Å². The number of hydrogen-bond donors (Lipinski definition) is 1. The zero-order valence-electron chi connectivity index (χ0n) is 19.4. The van der Waals surface area contributed by atoms with Crippen LogP contribution in [0.3, 0.4) is 0 Å².